The quantitative estimate of drug-likeness (QED) is 0.188. The van der Waals surface area contributed by atoms with Crippen LogP contribution in [0.25, 0.3) is 27.9 Å². The van der Waals surface area contributed by atoms with Crippen molar-refractivity contribution < 1.29 is 0 Å². The highest BCUT2D eigenvalue weighted by Gasteiger charge is 2.51. The summed E-state index contributed by atoms with van der Waals surface area (Å²) in [5.74, 6) is 0.816. The molecule has 0 unspecified atom stereocenters. The lowest BCUT2D eigenvalue weighted by Gasteiger charge is -2.51. The standard InChI is InChI=1S/C46H30N6/c1-2-14-31(15-3-1)50-37-20-8-4-16-33(37)46(34-17-5-9-21-38(34)50)35-18-6-10-22-39(35)51(40-23-11-7-19-36(40)46)32-26-27-43(49-30-32)52-41-24-12-28-47-44(41)45-42(52)25-13-29-48-45/h1-30H. The molecule has 0 bridgehead atoms. The minimum absolute atomic E-state index is 0.571. The average Bonchev–Trinajstić information content (AvgIpc) is 3.56. The molecular formula is C46H30N6. The van der Waals surface area contributed by atoms with Crippen molar-refractivity contribution in [1.82, 2.24) is 19.5 Å². The second-order valence-electron chi connectivity index (χ2n) is 13.3. The van der Waals surface area contributed by atoms with E-state index in [-0.39, 0.29) is 0 Å². The zero-order valence-corrected chi connectivity index (χ0v) is 28.0. The zero-order chi connectivity index (χ0) is 34.2. The molecule has 0 aliphatic carbocycles. The van der Waals surface area contributed by atoms with Gasteiger partial charge in [-0.05, 0) is 95.1 Å². The first-order chi connectivity index (χ1) is 25.8. The van der Waals surface area contributed by atoms with E-state index in [9.17, 15) is 0 Å². The lowest BCUT2D eigenvalue weighted by Crippen LogP contribution is -2.41. The van der Waals surface area contributed by atoms with Gasteiger partial charge in [0.2, 0.25) is 0 Å². The van der Waals surface area contributed by atoms with Gasteiger partial charge in [0.1, 0.15) is 16.9 Å². The van der Waals surface area contributed by atoms with Gasteiger partial charge in [0.25, 0.3) is 0 Å². The van der Waals surface area contributed by atoms with E-state index in [0.29, 0.717) is 0 Å². The van der Waals surface area contributed by atoms with Crippen molar-refractivity contribution >= 4 is 56.2 Å². The molecular weight excluding hydrogens is 637 g/mol. The first-order valence-corrected chi connectivity index (χ1v) is 17.5. The minimum Gasteiger partial charge on any atom is -0.310 e. The van der Waals surface area contributed by atoms with Crippen molar-refractivity contribution in [3.8, 4) is 5.82 Å². The molecule has 52 heavy (non-hydrogen) atoms. The number of hydrogen-bond donors (Lipinski definition) is 0. The van der Waals surface area contributed by atoms with Crippen LogP contribution < -0.4 is 9.80 Å². The molecule has 6 heterocycles. The van der Waals surface area contributed by atoms with E-state index >= 15 is 0 Å². The highest BCUT2D eigenvalue weighted by Crippen LogP contribution is 2.63. The topological polar surface area (TPSA) is 50.1 Å². The van der Waals surface area contributed by atoms with Crippen LogP contribution in [0, 0.1) is 0 Å². The maximum absolute atomic E-state index is 5.12. The van der Waals surface area contributed by atoms with Crippen molar-refractivity contribution in [2.75, 3.05) is 9.80 Å². The summed E-state index contributed by atoms with van der Waals surface area (Å²) in [6.45, 7) is 0. The summed E-state index contributed by atoms with van der Waals surface area (Å²) in [7, 11) is 0. The Morgan fingerprint density at radius 1 is 0.365 bits per heavy atom. The van der Waals surface area contributed by atoms with Crippen LogP contribution in [0.4, 0.5) is 34.1 Å². The van der Waals surface area contributed by atoms with Crippen molar-refractivity contribution in [2.24, 2.45) is 0 Å². The van der Waals surface area contributed by atoms with Gasteiger partial charge in [0.15, 0.2) is 0 Å². The molecule has 0 atom stereocenters. The van der Waals surface area contributed by atoms with Crippen LogP contribution in [0.1, 0.15) is 22.3 Å². The number of aromatic nitrogens is 4. The van der Waals surface area contributed by atoms with E-state index in [2.05, 4.69) is 176 Å². The molecule has 2 aliphatic heterocycles. The van der Waals surface area contributed by atoms with E-state index in [1.54, 1.807) is 0 Å². The second-order valence-corrected chi connectivity index (χ2v) is 13.3. The zero-order valence-electron chi connectivity index (χ0n) is 28.0. The van der Waals surface area contributed by atoms with Crippen LogP contribution in [-0.4, -0.2) is 19.5 Å². The van der Waals surface area contributed by atoms with Gasteiger partial charge in [-0.25, -0.2) is 4.98 Å². The molecule has 6 nitrogen and oxygen atoms in total. The number of fused-ring (bicyclic) bond motifs is 11. The number of hydrogen-bond acceptors (Lipinski definition) is 5. The smallest absolute Gasteiger partial charge is 0.137 e. The second kappa shape index (κ2) is 11.0. The Hall–Kier alpha value is -7.05. The van der Waals surface area contributed by atoms with E-state index in [4.69, 9.17) is 4.98 Å². The lowest BCUT2D eigenvalue weighted by atomic mass is 9.60. The summed E-state index contributed by atoms with van der Waals surface area (Å²) in [6, 6.07) is 58.6. The molecule has 11 rings (SSSR count). The van der Waals surface area contributed by atoms with E-state index < -0.39 is 5.41 Å². The fourth-order valence-electron chi connectivity index (χ4n) is 8.75. The molecule has 0 fully saturated rings. The highest BCUT2D eigenvalue weighted by molar-refractivity contribution is 6.04. The summed E-state index contributed by atoms with van der Waals surface area (Å²) in [5, 5.41) is 0. The SMILES string of the molecule is c1ccc(N2c3ccccc3C3(c4ccccc42)c2ccccc2N(c2ccc(-n4c5cccnc5c5ncccc54)nc2)c2ccccc23)cc1. The Bertz CT molecular complexity index is 2670. The van der Waals surface area contributed by atoms with Crippen LogP contribution in [0.2, 0.25) is 0 Å². The average molecular weight is 667 g/mol. The van der Waals surface area contributed by atoms with Crippen LogP contribution in [0.15, 0.2) is 182 Å². The molecule has 0 N–H and O–H groups in total. The fraction of sp³-hybridized carbons (Fsp3) is 0.0217. The van der Waals surface area contributed by atoms with Gasteiger partial charge >= 0.3 is 0 Å². The number of para-hydroxylation sites is 5. The maximum Gasteiger partial charge on any atom is 0.137 e. The van der Waals surface area contributed by atoms with Crippen molar-refractivity contribution in [1.29, 1.82) is 0 Å². The molecule has 4 aromatic heterocycles. The molecule has 6 heteroatoms. The summed E-state index contributed by atoms with van der Waals surface area (Å²) in [4.78, 5) is 19.2. The molecule has 2 aliphatic rings. The molecule has 9 aromatic rings. The van der Waals surface area contributed by atoms with Crippen LogP contribution in [0.5, 0.6) is 0 Å². The van der Waals surface area contributed by atoms with Crippen molar-refractivity contribution in [2.45, 2.75) is 5.41 Å². The summed E-state index contributed by atoms with van der Waals surface area (Å²) >= 11 is 0. The maximum atomic E-state index is 5.12. The number of anilines is 6. The van der Waals surface area contributed by atoms with Gasteiger partial charge in [0.05, 0.1) is 51.1 Å². The first kappa shape index (κ1) is 28.8. The predicted molar refractivity (Wildman–Crippen MR) is 209 cm³/mol. The normalized spacial score (nSPS) is 13.8. The molecule has 244 valence electrons. The van der Waals surface area contributed by atoms with Crippen molar-refractivity contribution in [3.63, 3.8) is 0 Å². The van der Waals surface area contributed by atoms with Crippen molar-refractivity contribution in [3.05, 3.63) is 205 Å². The van der Waals surface area contributed by atoms with E-state index in [1.165, 1.54) is 33.6 Å². The van der Waals surface area contributed by atoms with Gasteiger partial charge in [0, 0.05) is 18.1 Å². The van der Waals surface area contributed by atoms with Crippen LogP contribution >= 0.6 is 0 Å². The summed E-state index contributed by atoms with van der Waals surface area (Å²) in [5.41, 5.74) is 14.8. The molecule has 0 saturated heterocycles. The summed E-state index contributed by atoms with van der Waals surface area (Å²) < 4.78 is 2.15. The third-order valence-corrected chi connectivity index (χ3v) is 10.7. The third kappa shape index (κ3) is 3.80. The number of nitrogens with zero attached hydrogens (tertiary/aromatic N) is 6. The summed E-state index contributed by atoms with van der Waals surface area (Å²) in [6.07, 6.45) is 5.63. The molecule has 0 saturated carbocycles. The lowest BCUT2D eigenvalue weighted by molar-refractivity contribution is 0.718. The van der Waals surface area contributed by atoms with Gasteiger partial charge in [-0.3, -0.25) is 14.5 Å². The third-order valence-electron chi connectivity index (χ3n) is 10.7. The fourth-order valence-corrected chi connectivity index (χ4v) is 8.75. The van der Waals surface area contributed by atoms with E-state index in [1.807, 2.05) is 30.7 Å². The highest BCUT2D eigenvalue weighted by atomic mass is 15.2. The number of pyridine rings is 3. The Balaban J connectivity index is 1.14. The van der Waals surface area contributed by atoms with Gasteiger partial charge in [-0.1, -0.05) is 91.0 Å². The Morgan fingerprint density at radius 2 is 0.808 bits per heavy atom. The van der Waals surface area contributed by atoms with Gasteiger partial charge in [-0.15, -0.1) is 0 Å². The number of benzene rings is 5. The Kier molecular flexibility index (Phi) is 6.07. The van der Waals surface area contributed by atoms with Crippen LogP contribution in [-0.2, 0) is 5.41 Å². The molecule has 1 spiro atoms. The predicted octanol–water partition coefficient (Wildman–Crippen LogP) is 10.9. The Labute approximate surface area is 300 Å². The first-order valence-electron chi connectivity index (χ1n) is 17.5. The van der Waals surface area contributed by atoms with Gasteiger partial charge in [-0.2, -0.15) is 0 Å². The largest absolute Gasteiger partial charge is 0.310 e. The Morgan fingerprint density at radius 3 is 1.27 bits per heavy atom. The molecule has 5 aromatic carbocycles. The number of rotatable bonds is 3. The van der Waals surface area contributed by atoms with Crippen LogP contribution in [0.3, 0.4) is 0 Å². The monoisotopic (exact) mass is 666 g/mol. The molecule has 0 amide bonds. The molecule has 0 radical (unpaired) electrons. The van der Waals surface area contributed by atoms with E-state index in [0.717, 1.165) is 50.6 Å². The van der Waals surface area contributed by atoms with Gasteiger partial charge < -0.3 is 9.80 Å². The minimum atomic E-state index is -0.571.